The second-order valence-corrected chi connectivity index (χ2v) is 4.70. The molecule has 1 amide bonds. The van der Waals surface area contributed by atoms with Crippen LogP contribution < -0.4 is 0 Å². The normalized spacial score (nSPS) is 20.5. The first-order valence-electron chi connectivity index (χ1n) is 5.11. The van der Waals surface area contributed by atoms with E-state index in [2.05, 4.69) is 13.8 Å². The monoisotopic (exact) mass is 211 g/mol. The molecule has 1 fully saturated rings. The van der Waals surface area contributed by atoms with Gasteiger partial charge in [0.25, 0.3) is 0 Å². The van der Waals surface area contributed by atoms with E-state index in [1.165, 1.54) is 0 Å². The molecule has 0 radical (unpaired) electrons. The molecule has 0 bridgehead atoms. The summed E-state index contributed by atoms with van der Waals surface area (Å²) in [5, 5.41) is 8.41. The number of likely N-dealkylation sites (tertiary alicyclic amines) is 1. The van der Waals surface area contributed by atoms with E-state index in [4.69, 9.17) is 5.11 Å². The van der Waals surface area contributed by atoms with Crippen LogP contribution >= 0.6 is 0 Å². The molecule has 0 aromatic carbocycles. The lowest BCUT2D eigenvalue weighted by Crippen LogP contribution is -2.42. The Hall–Kier alpha value is -1.32. The number of carboxylic acid groups (broad SMARTS) is 1. The molecule has 4 nitrogen and oxygen atoms in total. The highest BCUT2D eigenvalue weighted by Gasteiger charge is 2.28. The van der Waals surface area contributed by atoms with Crippen molar-refractivity contribution in [2.24, 2.45) is 5.41 Å². The fraction of sp³-hybridized carbons (Fsp3) is 0.636. The second kappa shape index (κ2) is 4.47. The fourth-order valence-corrected chi connectivity index (χ4v) is 1.86. The van der Waals surface area contributed by atoms with Crippen LogP contribution in [0.2, 0.25) is 0 Å². The summed E-state index contributed by atoms with van der Waals surface area (Å²) >= 11 is 0. The SMILES string of the molecule is CC1(C)CCCN(C(=O)C=CC(=O)O)C1. The summed E-state index contributed by atoms with van der Waals surface area (Å²) in [7, 11) is 0. The van der Waals surface area contributed by atoms with Crippen LogP contribution in [0.1, 0.15) is 26.7 Å². The molecule has 0 spiro atoms. The van der Waals surface area contributed by atoms with Gasteiger partial charge in [-0.2, -0.15) is 0 Å². The maximum absolute atomic E-state index is 11.6. The number of nitrogens with zero attached hydrogens (tertiary/aromatic N) is 1. The van der Waals surface area contributed by atoms with Crippen LogP contribution in [0.3, 0.4) is 0 Å². The minimum absolute atomic E-state index is 0.144. The summed E-state index contributed by atoms with van der Waals surface area (Å²) in [4.78, 5) is 23.5. The number of carboxylic acids is 1. The van der Waals surface area contributed by atoms with Crippen molar-refractivity contribution in [1.82, 2.24) is 4.90 Å². The Morgan fingerprint density at radius 1 is 1.33 bits per heavy atom. The lowest BCUT2D eigenvalue weighted by molar-refractivity contribution is -0.133. The molecule has 0 aliphatic carbocycles. The lowest BCUT2D eigenvalue weighted by Gasteiger charge is -2.37. The largest absolute Gasteiger partial charge is 0.478 e. The summed E-state index contributed by atoms with van der Waals surface area (Å²) in [6.07, 6.45) is 4.12. The smallest absolute Gasteiger partial charge is 0.328 e. The first-order chi connectivity index (χ1) is 6.91. The van der Waals surface area contributed by atoms with Crippen molar-refractivity contribution in [3.8, 4) is 0 Å². The third kappa shape index (κ3) is 3.73. The molecule has 1 aliphatic rings. The molecule has 1 aliphatic heterocycles. The van der Waals surface area contributed by atoms with Crippen LogP contribution in [0.5, 0.6) is 0 Å². The zero-order valence-electron chi connectivity index (χ0n) is 9.19. The van der Waals surface area contributed by atoms with Crippen LogP contribution in [0.25, 0.3) is 0 Å². The maximum atomic E-state index is 11.6. The van der Waals surface area contributed by atoms with Gasteiger partial charge in [0.15, 0.2) is 0 Å². The van der Waals surface area contributed by atoms with E-state index in [9.17, 15) is 9.59 Å². The fourth-order valence-electron chi connectivity index (χ4n) is 1.86. The predicted octanol–water partition coefficient (Wildman–Crippen LogP) is 1.28. The molecule has 0 aromatic heterocycles. The van der Waals surface area contributed by atoms with Crippen LogP contribution in [-0.2, 0) is 9.59 Å². The van der Waals surface area contributed by atoms with E-state index in [0.29, 0.717) is 6.54 Å². The number of piperidine rings is 1. The molecule has 1 heterocycles. The third-order valence-electron chi connectivity index (χ3n) is 2.58. The van der Waals surface area contributed by atoms with E-state index in [1.54, 1.807) is 4.90 Å². The summed E-state index contributed by atoms with van der Waals surface area (Å²) in [5.41, 5.74) is 0.144. The van der Waals surface area contributed by atoms with Gasteiger partial charge in [0.1, 0.15) is 0 Å². The Balaban J connectivity index is 2.57. The van der Waals surface area contributed by atoms with Gasteiger partial charge in [-0.3, -0.25) is 4.79 Å². The Bertz CT molecular complexity index is 294. The maximum Gasteiger partial charge on any atom is 0.328 e. The van der Waals surface area contributed by atoms with Crippen molar-refractivity contribution in [3.05, 3.63) is 12.2 Å². The Labute approximate surface area is 89.6 Å². The average molecular weight is 211 g/mol. The van der Waals surface area contributed by atoms with Gasteiger partial charge in [0.2, 0.25) is 5.91 Å². The average Bonchev–Trinajstić information content (AvgIpc) is 2.12. The summed E-state index contributed by atoms with van der Waals surface area (Å²) in [6, 6.07) is 0. The van der Waals surface area contributed by atoms with E-state index < -0.39 is 5.97 Å². The lowest BCUT2D eigenvalue weighted by atomic mass is 9.84. The highest BCUT2D eigenvalue weighted by Crippen LogP contribution is 2.28. The highest BCUT2D eigenvalue weighted by molar-refractivity contribution is 5.93. The molecule has 1 saturated heterocycles. The number of rotatable bonds is 2. The summed E-state index contributed by atoms with van der Waals surface area (Å²) < 4.78 is 0. The molecule has 4 heteroatoms. The van der Waals surface area contributed by atoms with Crippen LogP contribution in [-0.4, -0.2) is 35.0 Å². The molecule has 0 atom stereocenters. The molecule has 1 N–H and O–H groups in total. The number of amides is 1. The van der Waals surface area contributed by atoms with Crippen LogP contribution in [0.15, 0.2) is 12.2 Å². The third-order valence-corrected chi connectivity index (χ3v) is 2.58. The quantitative estimate of drug-likeness (QED) is 0.700. The van der Waals surface area contributed by atoms with Crippen molar-refractivity contribution in [2.45, 2.75) is 26.7 Å². The van der Waals surface area contributed by atoms with E-state index >= 15 is 0 Å². The number of hydrogen-bond donors (Lipinski definition) is 1. The minimum Gasteiger partial charge on any atom is -0.478 e. The molecule has 1 rings (SSSR count). The van der Waals surface area contributed by atoms with E-state index in [1.807, 2.05) is 0 Å². The molecular formula is C11H17NO3. The number of aliphatic carboxylic acids is 1. The molecule has 0 aromatic rings. The second-order valence-electron chi connectivity index (χ2n) is 4.70. The van der Waals surface area contributed by atoms with Crippen molar-refractivity contribution in [1.29, 1.82) is 0 Å². The zero-order chi connectivity index (χ0) is 11.5. The summed E-state index contributed by atoms with van der Waals surface area (Å²) in [5.74, 6) is -1.29. The van der Waals surface area contributed by atoms with Gasteiger partial charge < -0.3 is 10.0 Å². The topological polar surface area (TPSA) is 57.6 Å². The Morgan fingerprint density at radius 2 is 2.00 bits per heavy atom. The number of hydrogen-bond acceptors (Lipinski definition) is 2. The first-order valence-corrected chi connectivity index (χ1v) is 5.11. The van der Waals surface area contributed by atoms with Gasteiger partial charge in [-0.25, -0.2) is 4.79 Å². The van der Waals surface area contributed by atoms with Gasteiger partial charge in [-0.15, -0.1) is 0 Å². The zero-order valence-corrected chi connectivity index (χ0v) is 9.19. The highest BCUT2D eigenvalue weighted by atomic mass is 16.4. The van der Waals surface area contributed by atoms with Gasteiger partial charge in [-0.1, -0.05) is 13.8 Å². The van der Waals surface area contributed by atoms with Gasteiger partial charge in [0.05, 0.1) is 0 Å². The van der Waals surface area contributed by atoms with Crippen molar-refractivity contribution in [3.63, 3.8) is 0 Å². The first kappa shape index (κ1) is 11.8. The molecular weight excluding hydrogens is 194 g/mol. The number of carbonyl (C=O) groups is 2. The van der Waals surface area contributed by atoms with Crippen molar-refractivity contribution < 1.29 is 14.7 Å². The van der Waals surface area contributed by atoms with Gasteiger partial charge in [0, 0.05) is 25.2 Å². The Morgan fingerprint density at radius 3 is 2.53 bits per heavy atom. The van der Waals surface area contributed by atoms with Gasteiger partial charge in [-0.05, 0) is 18.3 Å². The Kier molecular flexibility index (Phi) is 3.50. The van der Waals surface area contributed by atoms with Crippen molar-refractivity contribution in [2.75, 3.05) is 13.1 Å². The van der Waals surface area contributed by atoms with Crippen LogP contribution in [0, 0.1) is 5.41 Å². The predicted molar refractivity (Wildman–Crippen MR) is 56.4 cm³/mol. The molecule has 0 saturated carbocycles. The van der Waals surface area contributed by atoms with Crippen molar-refractivity contribution >= 4 is 11.9 Å². The standard InChI is InChI=1S/C11H17NO3/c1-11(2)6-3-7-12(8-11)9(13)4-5-10(14)15/h4-5H,3,6-8H2,1-2H3,(H,14,15). The number of carbonyl (C=O) groups excluding carboxylic acids is 1. The summed E-state index contributed by atoms with van der Waals surface area (Å²) in [6.45, 7) is 5.67. The van der Waals surface area contributed by atoms with Crippen LogP contribution in [0.4, 0.5) is 0 Å². The molecule has 15 heavy (non-hydrogen) atoms. The van der Waals surface area contributed by atoms with E-state index in [0.717, 1.165) is 31.5 Å². The minimum atomic E-state index is -1.08. The molecule has 0 unspecified atom stereocenters. The van der Waals surface area contributed by atoms with Gasteiger partial charge >= 0.3 is 5.97 Å². The molecule has 84 valence electrons. The van der Waals surface area contributed by atoms with E-state index in [-0.39, 0.29) is 11.3 Å².